The summed E-state index contributed by atoms with van der Waals surface area (Å²) in [7, 11) is 1.58. The van der Waals surface area contributed by atoms with Gasteiger partial charge in [0.15, 0.2) is 0 Å². The number of aromatic nitrogens is 4. The van der Waals surface area contributed by atoms with Gasteiger partial charge in [0.1, 0.15) is 30.0 Å². The second-order valence-electron chi connectivity index (χ2n) is 4.41. The molecule has 1 aromatic carbocycles. The Kier molecular flexibility index (Phi) is 3.78. The van der Waals surface area contributed by atoms with Crippen molar-refractivity contribution in [2.75, 3.05) is 12.4 Å². The van der Waals surface area contributed by atoms with Crippen LogP contribution in [0.25, 0.3) is 5.82 Å². The fourth-order valence-corrected chi connectivity index (χ4v) is 1.88. The molecule has 0 bridgehead atoms. The van der Waals surface area contributed by atoms with Crippen LogP contribution in [0.15, 0.2) is 55.4 Å². The number of carbonyl (C=O) groups is 1. The van der Waals surface area contributed by atoms with Crippen LogP contribution in [0.5, 0.6) is 5.75 Å². The summed E-state index contributed by atoms with van der Waals surface area (Å²) in [5.41, 5.74) is 0.517. The molecule has 0 saturated carbocycles. The molecule has 0 spiro atoms. The van der Waals surface area contributed by atoms with E-state index in [0.29, 0.717) is 22.9 Å². The Labute approximate surface area is 126 Å². The fraction of sp³-hybridized carbons (Fsp3) is 0.0667. The predicted octanol–water partition coefficient (Wildman–Crippen LogP) is 1.92. The minimum atomic E-state index is -0.252. The van der Waals surface area contributed by atoms with Gasteiger partial charge in [0.25, 0.3) is 5.91 Å². The van der Waals surface area contributed by atoms with Crippen LogP contribution in [0.3, 0.4) is 0 Å². The molecule has 110 valence electrons. The summed E-state index contributed by atoms with van der Waals surface area (Å²) in [6, 6.07) is 8.50. The predicted molar refractivity (Wildman–Crippen MR) is 80.1 cm³/mol. The Balaban J connectivity index is 1.77. The Morgan fingerprint density at radius 3 is 2.73 bits per heavy atom. The molecule has 0 aliphatic rings. The highest BCUT2D eigenvalue weighted by atomic mass is 16.5. The highest BCUT2D eigenvalue weighted by Crippen LogP contribution is 2.13. The number of nitrogens with one attached hydrogen (secondary N) is 1. The van der Waals surface area contributed by atoms with Crippen molar-refractivity contribution >= 4 is 11.7 Å². The minimum Gasteiger partial charge on any atom is -0.497 e. The number of carbonyl (C=O) groups excluding carboxylic acids is 1. The molecule has 3 rings (SSSR count). The maximum Gasteiger partial charge on any atom is 0.256 e. The van der Waals surface area contributed by atoms with Crippen LogP contribution in [0.1, 0.15) is 10.4 Å². The number of anilines is 1. The second-order valence-corrected chi connectivity index (χ2v) is 4.41. The van der Waals surface area contributed by atoms with Crippen molar-refractivity contribution < 1.29 is 9.53 Å². The molecule has 0 radical (unpaired) electrons. The monoisotopic (exact) mass is 295 g/mol. The van der Waals surface area contributed by atoms with E-state index >= 15 is 0 Å². The summed E-state index contributed by atoms with van der Waals surface area (Å²) in [4.78, 5) is 24.3. The summed E-state index contributed by atoms with van der Waals surface area (Å²) in [6.07, 6.45) is 6.42. The minimum absolute atomic E-state index is 0.252. The smallest absolute Gasteiger partial charge is 0.256 e. The van der Waals surface area contributed by atoms with Gasteiger partial charge < -0.3 is 10.1 Å². The lowest BCUT2D eigenvalue weighted by Gasteiger charge is -2.07. The first-order valence-corrected chi connectivity index (χ1v) is 6.52. The first-order valence-electron chi connectivity index (χ1n) is 6.52. The maximum atomic E-state index is 12.2. The fourth-order valence-electron chi connectivity index (χ4n) is 1.88. The largest absolute Gasteiger partial charge is 0.497 e. The highest BCUT2D eigenvalue weighted by Gasteiger charge is 2.08. The van der Waals surface area contributed by atoms with E-state index in [1.54, 1.807) is 60.7 Å². The average molecular weight is 295 g/mol. The van der Waals surface area contributed by atoms with Gasteiger partial charge in [-0.1, -0.05) is 0 Å². The number of ether oxygens (including phenoxy) is 1. The zero-order valence-corrected chi connectivity index (χ0v) is 11.8. The molecule has 0 unspecified atom stereocenters. The molecular formula is C15H13N5O2. The van der Waals surface area contributed by atoms with Gasteiger partial charge in [-0.05, 0) is 24.3 Å². The van der Waals surface area contributed by atoms with Gasteiger partial charge in [-0.2, -0.15) is 0 Å². The lowest BCUT2D eigenvalue weighted by Crippen LogP contribution is -2.13. The number of nitrogens with zero attached hydrogens (tertiary/aromatic N) is 4. The van der Waals surface area contributed by atoms with Gasteiger partial charge in [0.05, 0.1) is 7.11 Å². The molecule has 3 aromatic rings. The third kappa shape index (κ3) is 2.93. The van der Waals surface area contributed by atoms with Crippen LogP contribution in [-0.2, 0) is 0 Å². The molecule has 22 heavy (non-hydrogen) atoms. The van der Waals surface area contributed by atoms with Gasteiger partial charge in [0.2, 0.25) is 0 Å². The lowest BCUT2D eigenvalue weighted by atomic mass is 10.2. The van der Waals surface area contributed by atoms with E-state index < -0.39 is 0 Å². The van der Waals surface area contributed by atoms with Crippen molar-refractivity contribution in [3.8, 4) is 11.6 Å². The lowest BCUT2D eigenvalue weighted by molar-refractivity contribution is 0.102. The normalized spacial score (nSPS) is 10.2. The molecule has 1 amide bonds. The van der Waals surface area contributed by atoms with Crippen molar-refractivity contribution in [1.82, 2.24) is 19.5 Å². The number of methoxy groups -OCH3 is 1. The molecule has 0 aliphatic heterocycles. The number of imidazole rings is 1. The molecule has 1 N–H and O–H groups in total. The van der Waals surface area contributed by atoms with Crippen molar-refractivity contribution in [2.45, 2.75) is 0 Å². The zero-order chi connectivity index (χ0) is 15.4. The first kappa shape index (κ1) is 13.7. The summed E-state index contributed by atoms with van der Waals surface area (Å²) in [5, 5.41) is 2.73. The van der Waals surface area contributed by atoms with Crippen LogP contribution in [0.4, 0.5) is 5.82 Å². The number of hydrogen-bond donors (Lipinski definition) is 1. The molecule has 0 saturated heterocycles. The Hall–Kier alpha value is -3.22. The van der Waals surface area contributed by atoms with Gasteiger partial charge in [0, 0.05) is 24.0 Å². The summed E-state index contributed by atoms with van der Waals surface area (Å²) < 4.78 is 6.79. The third-order valence-corrected chi connectivity index (χ3v) is 3.02. The van der Waals surface area contributed by atoms with E-state index in [4.69, 9.17) is 4.74 Å². The third-order valence-electron chi connectivity index (χ3n) is 3.02. The number of hydrogen-bond acceptors (Lipinski definition) is 5. The van der Waals surface area contributed by atoms with E-state index in [0.717, 1.165) is 0 Å². The molecule has 0 atom stereocenters. The zero-order valence-electron chi connectivity index (χ0n) is 11.8. The molecule has 0 aliphatic carbocycles. The van der Waals surface area contributed by atoms with Gasteiger partial charge >= 0.3 is 0 Å². The second kappa shape index (κ2) is 6.04. The molecule has 7 heteroatoms. The topological polar surface area (TPSA) is 81.9 Å². The van der Waals surface area contributed by atoms with Gasteiger partial charge in [-0.25, -0.2) is 15.0 Å². The number of rotatable bonds is 4. The van der Waals surface area contributed by atoms with E-state index in [1.807, 2.05) is 0 Å². The van der Waals surface area contributed by atoms with E-state index in [-0.39, 0.29) is 5.91 Å². The van der Waals surface area contributed by atoms with Crippen molar-refractivity contribution in [3.63, 3.8) is 0 Å². The number of amides is 1. The summed E-state index contributed by atoms with van der Waals surface area (Å²) in [6.45, 7) is 0. The Morgan fingerprint density at radius 1 is 1.23 bits per heavy atom. The highest BCUT2D eigenvalue weighted by molar-refractivity contribution is 6.03. The van der Waals surface area contributed by atoms with Crippen molar-refractivity contribution in [2.24, 2.45) is 0 Å². The van der Waals surface area contributed by atoms with Crippen LogP contribution in [-0.4, -0.2) is 32.5 Å². The molecular weight excluding hydrogens is 282 g/mol. The van der Waals surface area contributed by atoms with Crippen LogP contribution < -0.4 is 10.1 Å². The standard InChI is InChI=1S/C15H13N5O2/c1-22-12-4-2-11(3-5-12)15(21)19-13-8-14(18-9-17-13)20-7-6-16-10-20/h2-10H,1H3,(H,17,18,19,21). The molecule has 7 nitrogen and oxygen atoms in total. The Bertz CT molecular complexity index is 769. The van der Waals surface area contributed by atoms with Crippen molar-refractivity contribution in [1.29, 1.82) is 0 Å². The van der Waals surface area contributed by atoms with E-state index in [1.165, 1.54) is 6.33 Å². The SMILES string of the molecule is COc1ccc(C(=O)Nc2cc(-n3ccnc3)ncn2)cc1. The van der Waals surface area contributed by atoms with Crippen molar-refractivity contribution in [3.05, 3.63) is 60.9 Å². The van der Waals surface area contributed by atoms with E-state index in [2.05, 4.69) is 20.3 Å². The summed E-state index contributed by atoms with van der Waals surface area (Å²) >= 11 is 0. The molecule has 2 heterocycles. The van der Waals surface area contributed by atoms with Crippen LogP contribution in [0, 0.1) is 0 Å². The van der Waals surface area contributed by atoms with Gasteiger partial charge in [-0.3, -0.25) is 9.36 Å². The van der Waals surface area contributed by atoms with Crippen LogP contribution >= 0.6 is 0 Å². The van der Waals surface area contributed by atoms with E-state index in [9.17, 15) is 4.79 Å². The Morgan fingerprint density at radius 2 is 2.05 bits per heavy atom. The molecule has 0 fully saturated rings. The quantitative estimate of drug-likeness (QED) is 0.795. The maximum absolute atomic E-state index is 12.2. The molecule has 2 aromatic heterocycles. The van der Waals surface area contributed by atoms with Gasteiger partial charge in [-0.15, -0.1) is 0 Å². The van der Waals surface area contributed by atoms with Crippen LogP contribution in [0.2, 0.25) is 0 Å². The first-order chi connectivity index (χ1) is 10.8. The average Bonchev–Trinajstić information content (AvgIpc) is 3.10. The summed E-state index contributed by atoms with van der Waals surface area (Å²) in [5.74, 6) is 1.48. The number of benzene rings is 1.